The van der Waals surface area contributed by atoms with Gasteiger partial charge in [0, 0.05) is 56.4 Å². The molecule has 1 saturated heterocycles. The monoisotopic (exact) mass is 283 g/mol. The van der Waals surface area contributed by atoms with Gasteiger partial charge in [-0.25, -0.2) is 0 Å². The van der Waals surface area contributed by atoms with Crippen LogP contribution in [0, 0.1) is 0 Å². The van der Waals surface area contributed by atoms with E-state index in [0.29, 0.717) is 6.04 Å². The molecule has 0 radical (unpaired) electrons. The minimum Gasteiger partial charge on any atom is -0.350 e. The molecule has 3 heteroatoms. The lowest BCUT2D eigenvalue weighted by Gasteiger charge is -2.35. The van der Waals surface area contributed by atoms with Crippen molar-refractivity contribution in [2.75, 3.05) is 26.2 Å². The van der Waals surface area contributed by atoms with E-state index >= 15 is 0 Å². The van der Waals surface area contributed by atoms with Crippen molar-refractivity contribution in [2.45, 2.75) is 18.9 Å². The number of nitrogens with zero attached hydrogens (tertiary/aromatic N) is 2. The normalized spacial score (nSPS) is 18.0. The summed E-state index contributed by atoms with van der Waals surface area (Å²) >= 11 is 0. The van der Waals surface area contributed by atoms with Crippen LogP contribution in [0.25, 0.3) is 10.9 Å². The van der Waals surface area contributed by atoms with Crippen LogP contribution < -0.4 is 5.32 Å². The smallest absolute Gasteiger partial charge is 0.0481 e. The van der Waals surface area contributed by atoms with Crippen molar-refractivity contribution in [3.05, 3.63) is 48.7 Å². The lowest BCUT2D eigenvalue weighted by Crippen LogP contribution is -2.45. The molecule has 0 bridgehead atoms. The van der Waals surface area contributed by atoms with Gasteiger partial charge in [0.25, 0.3) is 0 Å². The lowest BCUT2D eigenvalue weighted by atomic mass is 9.99. The maximum absolute atomic E-state index is 3.90. The molecular formula is C18H25N3. The van der Waals surface area contributed by atoms with Crippen molar-refractivity contribution in [2.24, 2.45) is 7.05 Å². The Bertz CT molecular complexity index is 608. The van der Waals surface area contributed by atoms with E-state index in [9.17, 15) is 0 Å². The van der Waals surface area contributed by atoms with Gasteiger partial charge in [0.1, 0.15) is 0 Å². The Morgan fingerprint density at radius 1 is 1.29 bits per heavy atom. The van der Waals surface area contributed by atoms with Gasteiger partial charge in [-0.3, -0.25) is 4.90 Å². The molecule has 2 heterocycles. The van der Waals surface area contributed by atoms with Crippen molar-refractivity contribution < 1.29 is 0 Å². The van der Waals surface area contributed by atoms with E-state index < -0.39 is 0 Å². The van der Waals surface area contributed by atoms with E-state index in [1.165, 1.54) is 16.5 Å². The van der Waals surface area contributed by atoms with Gasteiger partial charge >= 0.3 is 0 Å². The van der Waals surface area contributed by atoms with E-state index in [-0.39, 0.29) is 0 Å². The van der Waals surface area contributed by atoms with Crippen LogP contribution in [0.2, 0.25) is 0 Å². The standard InChI is InChI=1S/C18H25N3/c1-3-4-8-18(21-12-10-19-11-13-21)16-14-20(2)17-9-6-5-7-15(16)17/h3,5-7,9,14,18-19H,1,4,8,10-13H2,2H3/t18-/m0/s1. The summed E-state index contributed by atoms with van der Waals surface area (Å²) in [7, 11) is 2.15. The van der Waals surface area contributed by atoms with Crippen LogP contribution in [0.5, 0.6) is 0 Å². The van der Waals surface area contributed by atoms with Gasteiger partial charge < -0.3 is 9.88 Å². The third-order valence-corrected chi connectivity index (χ3v) is 4.52. The number of aryl methyl sites for hydroxylation is 1. The van der Waals surface area contributed by atoms with Crippen molar-refractivity contribution in [3.63, 3.8) is 0 Å². The van der Waals surface area contributed by atoms with E-state index in [4.69, 9.17) is 0 Å². The van der Waals surface area contributed by atoms with Crippen molar-refractivity contribution in [1.82, 2.24) is 14.8 Å². The first-order valence-electron chi connectivity index (χ1n) is 7.91. The molecule has 1 fully saturated rings. The van der Waals surface area contributed by atoms with Gasteiger partial charge in [-0.15, -0.1) is 6.58 Å². The first-order chi connectivity index (χ1) is 10.3. The number of rotatable bonds is 5. The highest BCUT2D eigenvalue weighted by atomic mass is 15.2. The predicted octanol–water partition coefficient (Wildman–Crippen LogP) is 3.09. The average Bonchev–Trinajstić information content (AvgIpc) is 2.87. The molecule has 2 aromatic rings. The zero-order valence-electron chi connectivity index (χ0n) is 12.9. The summed E-state index contributed by atoms with van der Waals surface area (Å²) in [5.74, 6) is 0. The first-order valence-corrected chi connectivity index (χ1v) is 7.91. The Kier molecular flexibility index (Phi) is 4.42. The Hall–Kier alpha value is -1.58. The molecule has 0 amide bonds. The molecule has 0 unspecified atom stereocenters. The molecule has 1 aliphatic heterocycles. The lowest BCUT2D eigenvalue weighted by molar-refractivity contribution is 0.167. The Morgan fingerprint density at radius 2 is 2.05 bits per heavy atom. The van der Waals surface area contributed by atoms with Crippen LogP contribution in [0.3, 0.4) is 0 Å². The second kappa shape index (κ2) is 6.46. The van der Waals surface area contributed by atoms with Crippen molar-refractivity contribution in [3.8, 4) is 0 Å². The molecule has 1 atom stereocenters. The number of allylic oxidation sites excluding steroid dienone is 1. The SMILES string of the molecule is C=CCC[C@@H](c1cn(C)c2ccccc12)N1CCNCC1. The summed E-state index contributed by atoms with van der Waals surface area (Å²) in [5.41, 5.74) is 2.79. The Labute approximate surface area is 127 Å². The number of nitrogens with one attached hydrogen (secondary N) is 1. The minimum absolute atomic E-state index is 0.496. The largest absolute Gasteiger partial charge is 0.350 e. The highest BCUT2D eigenvalue weighted by Gasteiger charge is 2.24. The fourth-order valence-electron chi connectivity index (χ4n) is 3.44. The molecule has 0 spiro atoms. The summed E-state index contributed by atoms with van der Waals surface area (Å²) in [6.45, 7) is 8.35. The highest BCUT2D eigenvalue weighted by Crippen LogP contribution is 2.33. The molecule has 112 valence electrons. The summed E-state index contributed by atoms with van der Waals surface area (Å²) in [5, 5.41) is 4.85. The Balaban J connectivity index is 1.98. The fraction of sp³-hybridized carbons (Fsp3) is 0.444. The van der Waals surface area contributed by atoms with Crippen LogP contribution in [0.15, 0.2) is 43.1 Å². The molecule has 0 saturated carbocycles. The molecule has 1 N–H and O–H groups in total. The predicted molar refractivity (Wildman–Crippen MR) is 89.5 cm³/mol. The van der Waals surface area contributed by atoms with Gasteiger partial charge in [-0.1, -0.05) is 24.3 Å². The third kappa shape index (κ3) is 2.89. The number of benzene rings is 1. The molecule has 3 rings (SSSR count). The molecule has 1 aromatic heterocycles. The van der Waals surface area contributed by atoms with Gasteiger partial charge in [-0.05, 0) is 24.5 Å². The summed E-state index contributed by atoms with van der Waals surface area (Å²) < 4.78 is 2.26. The van der Waals surface area contributed by atoms with Crippen LogP contribution in [0.1, 0.15) is 24.4 Å². The third-order valence-electron chi connectivity index (χ3n) is 4.52. The fourth-order valence-corrected chi connectivity index (χ4v) is 3.44. The van der Waals surface area contributed by atoms with E-state index in [2.05, 4.69) is 58.9 Å². The summed E-state index contributed by atoms with van der Waals surface area (Å²) in [6, 6.07) is 9.23. The Morgan fingerprint density at radius 3 is 2.81 bits per heavy atom. The minimum atomic E-state index is 0.496. The molecule has 0 aliphatic carbocycles. The highest BCUT2D eigenvalue weighted by molar-refractivity contribution is 5.84. The van der Waals surface area contributed by atoms with Crippen LogP contribution in [-0.2, 0) is 7.05 Å². The molecule has 1 aromatic carbocycles. The van der Waals surface area contributed by atoms with Crippen LogP contribution in [0.4, 0.5) is 0 Å². The zero-order valence-corrected chi connectivity index (χ0v) is 12.9. The number of aromatic nitrogens is 1. The molecular weight excluding hydrogens is 258 g/mol. The molecule has 1 aliphatic rings. The number of piperazine rings is 1. The van der Waals surface area contributed by atoms with Gasteiger partial charge in [0.2, 0.25) is 0 Å². The number of fused-ring (bicyclic) bond motifs is 1. The second-order valence-corrected chi connectivity index (χ2v) is 5.88. The summed E-state index contributed by atoms with van der Waals surface area (Å²) in [4.78, 5) is 2.63. The molecule has 21 heavy (non-hydrogen) atoms. The van der Waals surface area contributed by atoms with E-state index in [1.807, 2.05) is 6.08 Å². The first kappa shape index (κ1) is 14.4. The number of hydrogen-bond acceptors (Lipinski definition) is 2. The van der Waals surface area contributed by atoms with Gasteiger partial charge in [0.15, 0.2) is 0 Å². The van der Waals surface area contributed by atoms with Gasteiger partial charge in [-0.2, -0.15) is 0 Å². The van der Waals surface area contributed by atoms with Crippen molar-refractivity contribution in [1.29, 1.82) is 0 Å². The van der Waals surface area contributed by atoms with Crippen LogP contribution >= 0.6 is 0 Å². The quantitative estimate of drug-likeness (QED) is 0.851. The van der Waals surface area contributed by atoms with Crippen LogP contribution in [-0.4, -0.2) is 35.6 Å². The maximum atomic E-state index is 3.90. The number of hydrogen-bond donors (Lipinski definition) is 1. The second-order valence-electron chi connectivity index (χ2n) is 5.88. The molecule has 3 nitrogen and oxygen atoms in total. The van der Waals surface area contributed by atoms with Crippen molar-refractivity contribution >= 4 is 10.9 Å². The van der Waals surface area contributed by atoms with E-state index in [0.717, 1.165) is 39.0 Å². The maximum Gasteiger partial charge on any atom is 0.0481 e. The average molecular weight is 283 g/mol. The topological polar surface area (TPSA) is 20.2 Å². The zero-order chi connectivity index (χ0) is 14.7. The number of para-hydroxylation sites is 1. The van der Waals surface area contributed by atoms with Gasteiger partial charge in [0.05, 0.1) is 0 Å². The van der Waals surface area contributed by atoms with E-state index in [1.54, 1.807) is 0 Å². The summed E-state index contributed by atoms with van der Waals surface area (Å²) in [6.07, 6.45) is 6.58.